The first-order chi connectivity index (χ1) is 10.9. The Hall–Kier alpha value is -0.750. The number of hydrogen-bond acceptors (Lipinski definition) is 4. The number of nitrogens with one attached hydrogen (secondary N) is 1. The Morgan fingerprint density at radius 2 is 2.12 bits per heavy atom. The summed E-state index contributed by atoms with van der Waals surface area (Å²) < 4.78 is 5.72. The van der Waals surface area contributed by atoms with Gasteiger partial charge in [0, 0.05) is 29.1 Å². The zero-order valence-electron chi connectivity index (χ0n) is 14.5. The normalized spacial score (nSPS) is 30.5. The highest BCUT2D eigenvalue weighted by Crippen LogP contribution is 2.50. The number of carbonyl (C=O) groups excluding carboxylic acids is 1. The van der Waals surface area contributed by atoms with Gasteiger partial charge in [-0.15, -0.1) is 24.2 Å². The van der Waals surface area contributed by atoms with Gasteiger partial charge >= 0.3 is 0 Å². The molecule has 0 aromatic heterocycles. The second kappa shape index (κ2) is 7.24. The van der Waals surface area contributed by atoms with Gasteiger partial charge < -0.3 is 15.8 Å². The van der Waals surface area contributed by atoms with Crippen LogP contribution < -0.4 is 11.1 Å². The predicted octanol–water partition coefficient (Wildman–Crippen LogP) is 3.29. The lowest BCUT2D eigenvalue weighted by Crippen LogP contribution is -2.75. The first-order valence-electron chi connectivity index (χ1n) is 8.33. The average Bonchev–Trinajstić information content (AvgIpc) is 2.54. The average molecular weight is 371 g/mol. The van der Waals surface area contributed by atoms with Gasteiger partial charge in [0.1, 0.15) is 5.54 Å². The van der Waals surface area contributed by atoms with Gasteiger partial charge in [-0.1, -0.05) is 32.0 Å². The van der Waals surface area contributed by atoms with E-state index in [2.05, 4.69) is 17.4 Å². The van der Waals surface area contributed by atoms with E-state index in [1.807, 2.05) is 44.7 Å². The molecule has 0 spiro atoms. The van der Waals surface area contributed by atoms with E-state index in [9.17, 15) is 4.79 Å². The van der Waals surface area contributed by atoms with Gasteiger partial charge in [0.25, 0.3) is 0 Å². The van der Waals surface area contributed by atoms with E-state index in [1.165, 1.54) is 10.5 Å². The summed E-state index contributed by atoms with van der Waals surface area (Å²) in [7, 11) is 0. The molecule has 0 saturated heterocycles. The minimum atomic E-state index is -0.855. The fourth-order valence-corrected chi connectivity index (χ4v) is 4.72. The molecule has 1 fully saturated rings. The van der Waals surface area contributed by atoms with Crippen LogP contribution in [0.15, 0.2) is 29.2 Å². The zero-order valence-corrected chi connectivity index (χ0v) is 16.1. The molecule has 3 unspecified atom stereocenters. The molecule has 3 N–H and O–H groups in total. The molecule has 1 aliphatic heterocycles. The minimum absolute atomic E-state index is 0. The Balaban J connectivity index is 0.00000208. The molecule has 3 rings (SSSR count). The molecule has 1 heterocycles. The number of rotatable bonds is 4. The molecular weight excluding hydrogens is 344 g/mol. The second-order valence-corrected chi connectivity index (χ2v) is 8.18. The van der Waals surface area contributed by atoms with Crippen molar-refractivity contribution >= 4 is 30.1 Å². The van der Waals surface area contributed by atoms with Crippen molar-refractivity contribution in [3.63, 3.8) is 0 Å². The third-order valence-electron chi connectivity index (χ3n) is 5.50. The molecule has 6 heteroatoms. The first kappa shape index (κ1) is 19.6. The van der Waals surface area contributed by atoms with Crippen LogP contribution in [0.2, 0.25) is 0 Å². The van der Waals surface area contributed by atoms with E-state index in [0.717, 1.165) is 12.2 Å². The SMILES string of the molecule is CCOC1CC(N)(C(=O)NC2CCSc3ccccc32)C1(C)C.Cl. The highest BCUT2D eigenvalue weighted by molar-refractivity contribution is 7.99. The van der Waals surface area contributed by atoms with Crippen molar-refractivity contribution in [3.8, 4) is 0 Å². The smallest absolute Gasteiger partial charge is 0.241 e. The second-order valence-electron chi connectivity index (χ2n) is 7.04. The summed E-state index contributed by atoms with van der Waals surface area (Å²) in [6.45, 7) is 6.68. The number of carbonyl (C=O) groups is 1. The summed E-state index contributed by atoms with van der Waals surface area (Å²) in [6.07, 6.45) is 1.58. The summed E-state index contributed by atoms with van der Waals surface area (Å²) in [5.74, 6) is 0.968. The molecule has 4 nitrogen and oxygen atoms in total. The summed E-state index contributed by atoms with van der Waals surface area (Å²) in [4.78, 5) is 14.2. The Kier molecular flexibility index (Phi) is 5.91. The van der Waals surface area contributed by atoms with E-state index in [1.54, 1.807) is 0 Å². The lowest BCUT2D eigenvalue weighted by Gasteiger charge is -2.57. The van der Waals surface area contributed by atoms with Crippen LogP contribution in [-0.4, -0.2) is 29.9 Å². The Morgan fingerprint density at radius 3 is 2.79 bits per heavy atom. The zero-order chi connectivity index (χ0) is 16.7. The predicted molar refractivity (Wildman–Crippen MR) is 101 cm³/mol. The lowest BCUT2D eigenvalue weighted by atomic mass is 9.54. The number of benzene rings is 1. The topological polar surface area (TPSA) is 64.3 Å². The van der Waals surface area contributed by atoms with Crippen LogP contribution in [-0.2, 0) is 9.53 Å². The quantitative estimate of drug-likeness (QED) is 0.853. The lowest BCUT2D eigenvalue weighted by molar-refractivity contribution is -0.171. The third kappa shape index (κ3) is 3.07. The van der Waals surface area contributed by atoms with Crippen LogP contribution >= 0.6 is 24.2 Å². The third-order valence-corrected chi connectivity index (χ3v) is 6.62. The number of nitrogens with two attached hydrogens (primary N) is 1. The largest absolute Gasteiger partial charge is 0.378 e. The molecule has 1 amide bonds. The summed E-state index contributed by atoms with van der Waals surface area (Å²) in [6, 6.07) is 8.35. The highest BCUT2D eigenvalue weighted by atomic mass is 35.5. The molecule has 1 aliphatic carbocycles. The van der Waals surface area contributed by atoms with Crippen molar-refractivity contribution in [3.05, 3.63) is 29.8 Å². The maximum atomic E-state index is 12.9. The molecular formula is C18H27ClN2O2S. The van der Waals surface area contributed by atoms with Crippen LogP contribution in [0.25, 0.3) is 0 Å². The maximum absolute atomic E-state index is 12.9. The fourth-order valence-electron chi connectivity index (χ4n) is 3.60. The summed E-state index contributed by atoms with van der Waals surface area (Å²) >= 11 is 1.85. The summed E-state index contributed by atoms with van der Waals surface area (Å²) in [5.41, 5.74) is 6.49. The number of thioether (sulfide) groups is 1. The van der Waals surface area contributed by atoms with E-state index < -0.39 is 5.54 Å². The van der Waals surface area contributed by atoms with Crippen molar-refractivity contribution in [2.24, 2.45) is 11.1 Å². The Bertz CT molecular complexity index is 610. The number of hydrogen-bond donors (Lipinski definition) is 2. The van der Waals surface area contributed by atoms with Crippen LogP contribution in [0.3, 0.4) is 0 Å². The number of amides is 1. The van der Waals surface area contributed by atoms with Gasteiger partial charge in [-0.2, -0.15) is 0 Å². The van der Waals surface area contributed by atoms with Crippen molar-refractivity contribution in [1.29, 1.82) is 0 Å². The molecule has 134 valence electrons. The van der Waals surface area contributed by atoms with Gasteiger partial charge in [0.05, 0.1) is 12.1 Å². The van der Waals surface area contributed by atoms with Crippen molar-refractivity contribution in [2.45, 2.75) is 56.2 Å². The number of ether oxygens (including phenoxy) is 1. The molecule has 24 heavy (non-hydrogen) atoms. The molecule has 1 aromatic rings. The van der Waals surface area contributed by atoms with Crippen molar-refractivity contribution < 1.29 is 9.53 Å². The molecule has 0 radical (unpaired) electrons. The number of halogens is 1. The van der Waals surface area contributed by atoms with Crippen LogP contribution in [0.1, 0.15) is 45.2 Å². The summed E-state index contributed by atoms with van der Waals surface area (Å²) in [5, 5.41) is 3.20. The molecule has 3 atom stereocenters. The van der Waals surface area contributed by atoms with Crippen molar-refractivity contribution in [1.82, 2.24) is 5.32 Å². The Morgan fingerprint density at radius 1 is 1.42 bits per heavy atom. The molecule has 1 aromatic carbocycles. The maximum Gasteiger partial charge on any atom is 0.241 e. The fraction of sp³-hybridized carbons (Fsp3) is 0.611. The van der Waals surface area contributed by atoms with E-state index in [-0.39, 0.29) is 35.9 Å². The van der Waals surface area contributed by atoms with E-state index in [4.69, 9.17) is 10.5 Å². The standard InChI is InChI=1S/C18H26N2O2S.ClH/c1-4-22-15-11-18(19,17(15,2)3)16(21)20-13-9-10-23-14-8-6-5-7-12(13)14;/h5-8,13,15H,4,9-11,19H2,1-3H3,(H,20,21);1H. The molecule has 0 bridgehead atoms. The highest BCUT2D eigenvalue weighted by Gasteiger charge is 2.63. The van der Waals surface area contributed by atoms with Gasteiger partial charge in [-0.05, 0) is 25.0 Å². The first-order valence-corrected chi connectivity index (χ1v) is 9.32. The number of fused-ring (bicyclic) bond motifs is 1. The van der Waals surface area contributed by atoms with Crippen LogP contribution in [0.4, 0.5) is 0 Å². The van der Waals surface area contributed by atoms with Gasteiger partial charge in [0.2, 0.25) is 5.91 Å². The monoisotopic (exact) mass is 370 g/mol. The van der Waals surface area contributed by atoms with Crippen LogP contribution in [0.5, 0.6) is 0 Å². The van der Waals surface area contributed by atoms with Gasteiger partial charge in [-0.25, -0.2) is 0 Å². The van der Waals surface area contributed by atoms with Gasteiger partial charge in [0.15, 0.2) is 0 Å². The van der Waals surface area contributed by atoms with E-state index >= 15 is 0 Å². The molecule has 2 aliphatic rings. The molecule has 1 saturated carbocycles. The Labute approximate surface area is 154 Å². The van der Waals surface area contributed by atoms with E-state index in [0.29, 0.717) is 13.0 Å². The van der Waals surface area contributed by atoms with Crippen molar-refractivity contribution in [2.75, 3.05) is 12.4 Å². The minimum Gasteiger partial charge on any atom is -0.378 e. The van der Waals surface area contributed by atoms with Gasteiger partial charge in [-0.3, -0.25) is 4.79 Å². The van der Waals surface area contributed by atoms with Crippen LogP contribution in [0, 0.1) is 5.41 Å².